The van der Waals surface area contributed by atoms with Gasteiger partial charge in [-0.15, -0.1) is 0 Å². The minimum atomic E-state index is 1.05. The van der Waals surface area contributed by atoms with Gasteiger partial charge in [0.2, 0.25) is 0 Å². The maximum atomic E-state index is 4.18. The number of aromatic nitrogens is 3. The average Bonchev–Trinajstić information content (AvgIpc) is 2.60. The van der Waals surface area contributed by atoms with Crippen LogP contribution in [0.1, 0.15) is 37.6 Å². The largest absolute Gasteiger partial charge is 0.238 e. The second-order valence-electron chi connectivity index (χ2n) is 3.27. The predicted molar refractivity (Wildman–Crippen MR) is 63.2 cm³/mol. The Hall–Kier alpha value is -1.38. The number of hydrogen-bond acceptors (Lipinski definition) is 2. The first kappa shape index (κ1) is 11.7. The average molecular weight is 205 g/mol. The van der Waals surface area contributed by atoms with E-state index in [1.807, 2.05) is 25.3 Å². The molecule has 0 spiro atoms. The van der Waals surface area contributed by atoms with Crippen LogP contribution >= 0.6 is 0 Å². The molecule has 0 fully saturated rings. The van der Waals surface area contributed by atoms with E-state index >= 15 is 0 Å². The second-order valence-corrected chi connectivity index (χ2v) is 3.27. The molecule has 2 heterocycles. The lowest BCUT2D eigenvalue weighted by molar-refractivity contribution is 0.882. The normalized spacial score (nSPS) is 9.93. The third-order valence-corrected chi connectivity index (χ3v) is 2.50. The van der Waals surface area contributed by atoms with Crippen molar-refractivity contribution in [3.05, 3.63) is 29.3 Å². The Morgan fingerprint density at radius 3 is 2.47 bits per heavy atom. The lowest BCUT2D eigenvalue weighted by Crippen LogP contribution is -1.94. The van der Waals surface area contributed by atoms with Crippen LogP contribution in [-0.4, -0.2) is 14.6 Å². The van der Waals surface area contributed by atoms with Crippen molar-refractivity contribution in [2.75, 3.05) is 0 Å². The molecule has 0 atom stereocenters. The van der Waals surface area contributed by atoms with Gasteiger partial charge in [-0.05, 0) is 31.4 Å². The van der Waals surface area contributed by atoms with Crippen LogP contribution in [0.15, 0.2) is 12.5 Å². The molecule has 0 radical (unpaired) electrons. The quantitative estimate of drug-likeness (QED) is 0.716. The fourth-order valence-corrected chi connectivity index (χ4v) is 1.75. The van der Waals surface area contributed by atoms with Crippen LogP contribution in [0.3, 0.4) is 0 Å². The standard InChI is InChI=1S/C10H13N3.C2H6/c1-4-9-5-13-10(7(9)2)8(3)11-6-12-13;1-2/h5-6H,4H2,1-3H3;1-2H3. The van der Waals surface area contributed by atoms with Crippen LogP contribution in [0.5, 0.6) is 0 Å². The smallest absolute Gasteiger partial charge is 0.136 e. The van der Waals surface area contributed by atoms with Gasteiger partial charge in [0.25, 0.3) is 0 Å². The zero-order chi connectivity index (χ0) is 11.4. The van der Waals surface area contributed by atoms with Crippen molar-refractivity contribution < 1.29 is 0 Å². The van der Waals surface area contributed by atoms with E-state index in [1.165, 1.54) is 11.1 Å². The summed E-state index contributed by atoms with van der Waals surface area (Å²) in [5.74, 6) is 0. The fraction of sp³-hybridized carbons (Fsp3) is 0.500. The van der Waals surface area contributed by atoms with Crippen LogP contribution < -0.4 is 0 Å². The molecule has 0 bridgehead atoms. The monoisotopic (exact) mass is 205 g/mol. The van der Waals surface area contributed by atoms with Crippen molar-refractivity contribution in [3.63, 3.8) is 0 Å². The molecule has 2 rings (SSSR count). The molecule has 0 unspecified atom stereocenters. The Labute approximate surface area is 91.2 Å². The third kappa shape index (κ3) is 2.01. The van der Waals surface area contributed by atoms with Crippen LogP contribution in [0.2, 0.25) is 0 Å². The van der Waals surface area contributed by atoms with E-state index in [-0.39, 0.29) is 0 Å². The molecule has 0 N–H and O–H groups in total. The molecule has 0 aliphatic carbocycles. The van der Waals surface area contributed by atoms with Gasteiger partial charge >= 0.3 is 0 Å². The minimum absolute atomic E-state index is 1.05. The molecule has 0 amide bonds. The first-order valence-electron chi connectivity index (χ1n) is 5.52. The van der Waals surface area contributed by atoms with Crippen molar-refractivity contribution in [2.24, 2.45) is 0 Å². The zero-order valence-corrected chi connectivity index (χ0v) is 10.2. The first-order valence-corrected chi connectivity index (χ1v) is 5.52. The molecular formula is C12H19N3. The van der Waals surface area contributed by atoms with Crippen LogP contribution in [0.25, 0.3) is 5.52 Å². The lowest BCUT2D eigenvalue weighted by atomic mass is 10.1. The topological polar surface area (TPSA) is 30.2 Å². The summed E-state index contributed by atoms with van der Waals surface area (Å²) >= 11 is 0. The van der Waals surface area contributed by atoms with Crippen molar-refractivity contribution in [2.45, 2.75) is 41.0 Å². The van der Waals surface area contributed by atoms with Crippen molar-refractivity contribution in [3.8, 4) is 0 Å². The maximum Gasteiger partial charge on any atom is 0.136 e. The Bertz CT molecular complexity index is 443. The predicted octanol–water partition coefficient (Wildman–Crippen LogP) is 2.93. The number of fused-ring (bicyclic) bond motifs is 1. The van der Waals surface area contributed by atoms with Crippen LogP contribution in [0.4, 0.5) is 0 Å². The number of rotatable bonds is 1. The van der Waals surface area contributed by atoms with E-state index < -0.39 is 0 Å². The molecule has 0 aliphatic rings. The summed E-state index contributed by atoms with van der Waals surface area (Å²) < 4.78 is 1.91. The van der Waals surface area contributed by atoms with Gasteiger partial charge in [-0.2, -0.15) is 5.10 Å². The lowest BCUT2D eigenvalue weighted by Gasteiger charge is -1.97. The van der Waals surface area contributed by atoms with Gasteiger partial charge in [0.05, 0.1) is 11.2 Å². The van der Waals surface area contributed by atoms with Gasteiger partial charge in [0, 0.05) is 6.20 Å². The van der Waals surface area contributed by atoms with Gasteiger partial charge in [0.15, 0.2) is 0 Å². The molecule has 82 valence electrons. The minimum Gasteiger partial charge on any atom is -0.238 e. The van der Waals surface area contributed by atoms with Gasteiger partial charge in [-0.3, -0.25) is 0 Å². The molecule has 0 saturated heterocycles. The molecule has 15 heavy (non-hydrogen) atoms. The van der Waals surface area contributed by atoms with E-state index in [0.29, 0.717) is 0 Å². The van der Waals surface area contributed by atoms with Crippen molar-refractivity contribution in [1.82, 2.24) is 14.6 Å². The van der Waals surface area contributed by atoms with Crippen molar-refractivity contribution >= 4 is 5.52 Å². The molecule has 0 saturated carbocycles. The molecular weight excluding hydrogens is 186 g/mol. The second kappa shape index (κ2) is 4.91. The van der Waals surface area contributed by atoms with E-state index in [1.54, 1.807) is 6.33 Å². The molecule has 3 heteroatoms. The van der Waals surface area contributed by atoms with Gasteiger partial charge in [0.1, 0.15) is 6.33 Å². The summed E-state index contributed by atoms with van der Waals surface area (Å²) in [6, 6.07) is 0. The number of aryl methyl sites for hydroxylation is 3. The first-order chi connectivity index (χ1) is 7.24. The summed E-state index contributed by atoms with van der Waals surface area (Å²) in [7, 11) is 0. The molecule has 2 aromatic heterocycles. The molecule has 0 aromatic carbocycles. The fourth-order valence-electron chi connectivity index (χ4n) is 1.75. The summed E-state index contributed by atoms with van der Waals surface area (Å²) in [6.45, 7) is 10.3. The SMILES string of the molecule is CC.CCc1cn2ncnc(C)c2c1C. The Kier molecular flexibility index (Phi) is 3.83. The van der Waals surface area contributed by atoms with Crippen molar-refractivity contribution in [1.29, 1.82) is 0 Å². The van der Waals surface area contributed by atoms with Crippen LogP contribution in [-0.2, 0) is 6.42 Å². The summed E-state index contributed by atoms with van der Waals surface area (Å²) in [4.78, 5) is 4.18. The summed E-state index contributed by atoms with van der Waals surface area (Å²) in [5.41, 5.74) is 4.86. The Balaban J connectivity index is 0.000000531. The Morgan fingerprint density at radius 1 is 1.27 bits per heavy atom. The number of hydrogen-bond donors (Lipinski definition) is 0. The summed E-state index contributed by atoms with van der Waals surface area (Å²) in [5, 5.41) is 4.18. The Morgan fingerprint density at radius 2 is 1.93 bits per heavy atom. The highest BCUT2D eigenvalue weighted by Crippen LogP contribution is 2.18. The highest BCUT2D eigenvalue weighted by atomic mass is 15.2. The van der Waals surface area contributed by atoms with Crippen LogP contribution in [0, 0.1) is 13.8 Å². The molecule has 0 aliphatic heterocycles. The van der Waals surface area contributed by atoms with E-state index in [9.17, 15) is 0 Å². The van der Waals surface area contributed by atoms with Gasteiger partial charge in [-0.25, -0.2) is 9.50 Å². The van der Waals surface area contributed by atoms with Gasteiger partial charge in [-0.1, -0.05) is 20.8 Å². The third-order valence-electron chi connectivity index (χ3n) is 2.50. The highest BCUT2D eigenvalue weighted by molar-refractivity contribution is 5.60. The molecule has 3 nitrogen and oxygen atoms in total. The zero-order valence-electron chi connectivity index (χ0n) is 10.2. The van der Waals surface area contributed by atoms with E-state index in [4.69, 9.17) is 0 Å². The summed E-state index contributed by atoms with van der Waals surface area (Å²) in [6.07, 6.45) is 4.73. The maximum absolute atomic E-state index is 4.18. The number of nitrogens with zero attached hydrogens (tertiary/aromatic N) is 3. The van der Waals surface area contributed by atoms with Gasteiger partial charge < -0.3 is 0 Å². The molecule has 2 aromatic rings. The van der Waals surface area contributed by atoms with E-state index in [2.05, 4.69) is 30.1 Å². The van der Waals surface area contributed by atoms with E-state index in [0.717, 1.165) is 17.6 Å². The highest BCUT2D eigenvalue weighted by Gasteiger charge is 2.07.